The van der Waals surface area contributed by atoms with E-state index in [2.05, 4.69) is 26.1 Å². The molecular weight excluding hydrogens is 134 g/mol. The summed E-state index contributed by atoms with van der Waals surface area (Å²) in [6, 6.07) is 0. The van der Waals surface area contributed by atoms with Gasteiger partial charge in [0.2, 0.25) is 0 Å². The van der Waals surface area contributed by atoms with Gasteiger partial charge in [-0.15, -0.1) is 0 Å². The standard InChI is InChI=1S/C10H22N/c1-5-8-10(7-3,11-4)9-6-2/h5-9H2,1-4H3. The second-order valence-electron chi connectivity index (χ2n) is 3.30. The van der Waals surface area contributed by atoms with Gasteiger partial charge in [0.15, 0.2) is 0 Å². The zero-order valence-corrected chi connectivity index (χ0v) is 8.48. The third kappa shape index (κ3) is 3.24. The van der Waals surface area contributed by atoms with E-state index >= 15 is 0 Å². The molecule has 67 valence electrons. The summed E-state index contributed by atoms with van der Waals surface area (Å²) in [7, 11) is 1.97. The van der Waals surface area contributed by atoms with E-state index in [-0.39, 0.29) is 0 Å². The molecule has 0 bridgehead atoms. The number of rotatable bonds is 6. The molecule has 0 saturated carbocycles. The van der Waals surface area contributed by atoms with Gasteiger partial charge in [0.1, 0.15) is 0 Å². The van der Waals surface area contributed by atoms with Crippen molar-refractivity contribution < 1.29 is 0 Å². The van der Waals surface area contributed by atoms with Crippen molar-refractivity contribution >= 4 is 0 Å². The third-order valence-electron chi connectivity index (χ3n) is 2.56. The largest absolute Gasteiger partial charge is 0.238 e. The summed E-state index contributed by atoms with van der Waals surface area (Å²) in [4.78, 5) is 0. The minimum absolute atomic E-state index is 0.309. The predicted octanol–water partition coefficient (Wildman–Crippen LogP) is 2.97. The predicted molar refractivity (Wildman–Crippen MR) is 50.9 cm³/mol. The van der Waals surface area contributed by atoms with Crippen molar-refractivity contribution in [2.24, 2.45) is 0 Å². The monoisotopic (exact) mass is 156 g/mol. The lowest BCUT2D eigenvalue weighted by Gasteiger charge is -2.30. The van der Waals surface area contributed by atoms with Crippen molar-refractivity contribution in [2.75, 3.05) is 7.05 Å². The molecule has 0 amide bonds. The molecule has 0 fully saturated rings. The van der Waals surface area contributed by atoms with Crippen molar-refractivity contribution in [3.05, 3.63) is 0 Å². The molecule has 0 aliphatic heterocycles. The van der Waals surface area contributed by atoms with Gasteiger partial charge >= 0.3 is 0 Å². The first-order valence-corrected chi connectivity index (χ1v) is 4.85. The first-order chi connectivity index (χ1) is 5.24. The second-order valence-corrected chi connectivity index (χ2v) is 3.30. The lowest BCUT2D eigenvalue weighted by atomic mass is 9.86. The average Bonchev–Trinajstić information content (AvgIpc) is 2.04. The Hall–Kier alpha value is -0.0400. The molecule has 1 radical (unpaired) electrons. The summed E-state index contributed by atoms with van der Waals surface area (Å²) >= 11 is 0. The van der Waals surface area contributed by atoms with Gasteiger partial charge in [0, 0.05) is 12.6 Å². The van der Waals surface area contributed by atoms with E-state index in [1.807, 2.05) is 7.05 Å². The Balaban J connectivity index is 3.96. The van der Waals surface area contributed by atoms with Gasteiger partial charge in [-0.2, -0.15) is 0 Å². The molecule has 0 rings (SSSR count). The molecule has 1 nitrogen and oxygen atoms in total. The smallest absolute Gasteiger partial charge is 0.0350 e. The van der Waals surface area contributed by atoms with Gasteiger partial charge in [0.05, 0.1) is 0 Å². The summed E-state index contributed by atoms with van der Waals surface area (Å²) < 4.78 is 0. The first kappa shape index (κ1) is 11.0. The topological polar surface area (TPSA) is 14.1 Å². The summed E-state index contributed by atoms with van der Waals surface area (Å²) in [5, 5.41) is 4.52. The highest BCUT2D eigenvalue weighted by Gasteiger charge is 2.24. The highest BCUT2D eigenvalue weighted by molar-refractivity contribution is 4.83. The lowest BCUT2D eigenvalue weighted by Crippen LogP contribution is -2.36. The van der Waals surface area contributed by atoms with E-state index < -0.39 is 0 Å². The maximum absolute atomic E-state index is 4.52. The Morgan fingerprint density at radius 1 is 1.00 bits per heavy atom. The molecular formula is C10H22N. The molecule has 0 heterocycles. The molecule has 0 N–H and O–H groups in total. The highest BCUT2D eigenvalue weighted by atomic mass is 14.9. The van der Waals surface area contributed by atoms with E-state index in [4.69, 9.17) is 0 Å². The van der Waals surface area contributed by atoms with Crippen molar-refractivity contribution in [1.29, 1.82) is 0 Å². The van der Waals surface area contributed by atoms with E-state index in [1.165, 1.54) is 32.1 Å². The molecule has 0 spiro atoms. The fraction of sp³-hybridized carbons (Fsp3) is 1.00. The molecule has 0 saturated heterocycles. The van der Waals surface area contributed by atoms with Crippen LogP contribution in [0.25, 0.3) is 0 Å². The lowest BCUT2D eigenvalue weighted by molar-refractivity contribution is 0.279. The fourth-order valence-electron chi connectivity index (χ4n) is 1.79. The van der Waals surface area contributed by atoms with Crippen LogP contribution >= 0.6 is 0 Å². The molecule has 0 aromatic rings. The molecule has 0 aliphatic carbocycles. The molecule has 1 heteroatoms. The van der Waals surface area contributed by atoms with Crippen molar-refractivity contribution in [3.63, 3.8) is 0 Å². The summed E-state index contributed by atoms with van der Waals surface area (Å²) in [5.41, 5.74) is 0.309. The van der Waals surface area contributed by atoms with E-state index in [1.54, 1.807) is 0 Å². The van der Waals surface area contributed by atoms with E-state index in [0.29, 0.717) is 5.54 Å². The van der Waals surface area contributed by atoms with Crippen LogP contribution < -0.4 is 5.32 Å². The quantitative estimate of drug-likeness (QED) is 0.561. The Bertz CT molecular complexity index is 76.9. The molecule has 0 aliphatic rings. The maximum Gasteiger partial charge on any atom is 0.0350 e. The normalized spacial score (nSPS) is 12.0. The molecule has 0 aromatic heterocycles. The summed E-state index contributed by atoms with van der Waals surface area (Å²) in [5.74, 6) is 0. The van der Waals surface area contributed by atoms with Gasteiger partial charge in [0.25, 0.3) is 0 Å². The van der Waals surface area contributed by atoms with Crippen LogP contribution in [0.5, 0.6) is 0 Å². The van der Waals surface area contributed by atoms with Crippen molar-refractivity contribution in [3.8, 4) is 0 Å². The summed E-state index contributed by atoms with van der Waals surface area (Å²) in [6.07, 6.45) is 6.23. The molecule has 0 aromatic carbocycles. The Labute approximate surface area is 71.6 Å². The number of nitrogens with zero attached hydrogens (tertiary/aromatic N) is 1. The van der Waals surface area contributed by atoms with Crippen LogP contribution in [0.2, 0.25) is 0 Å². The highest BCUT2D eigenvalue weighted by Crippen LogP contribution is 2.23. The Morgan fingerprint density at radius 3 is 1.64 bits per heavy atom. The number of hydrogen-bond donors (Lipinski definition) is 0. The van der Waals surface area contributed by atoms with Crippen LogP contribution in [0.1, 0.15) is 52.9 Å². The second kappa shape index (κ2) is 5.59. The first-order valence-electron chi connectivity index (χ1n) is 4.85. The molecule has 0 unspecified atom stereocenters. The van der Waals surface area contributed by atoms with Crippen molar-refractivity contribution in [1.82, 2.24) is 5.32 Å². The SMILES string of the molecule is CCCC(CC)(CCC)[N]C. The van der Waals surface area contributed by atoms with Crippen LogP contribution in [0.15, 0.2) is 0 Å². The van der Waals surface area contributed by atoms with Gasteiger partial charge < -0.3 is 0 Å². The van der Waals surface area contributed by atoms with Gasteiger partial charge in [-0.05, 0) is 19.3 Å². The van der Waals surface area contributed by atoms with E-state index in [0.717, 1.165) is 0 Å². The Kier molecular flexibility index (Phi) is 5.57. The molecule has 11 heavy (non-hydrogen) atoms. The zero-order valence-electron chi connectivity index (χ0n) is 8.48. The van der Waals surface area contributed by atoms with Gasteiger partial charge in [-0.25, -0.2) is 5.32 Å². The van der Waals surface area contributed by atoms with Crippen molar-refractivity contribution in [2.45, 2.75) is 58.4 Å². The van der Waals surface area contributed by atoms with Crippen LogP contribution in [0, 0.1) is 0 Å². The van der Waals surface area contributed by atoms with Gasteiger partial charge in [-0.3, -0.25) is 0 Å². The fourth-order valence-corrected chi connectivity index (χ4v) is 1.79. The van der Waals surface area contributed by atoms with Crippen LogP contribution in [-0.2, 0) is 0 Å². The van der Waals surface area contributed by atoms with Gasteiger partial charge in [-0.1, -0.05) is 33.6 Å². The van der Waals surface area contributed by atoms with Crippen LogP contribution in [-0.4, -0.2) is 12.6 Å². The zero-order chi connectivity index (χ0) is 8.74. The minimum Gasteiger partial charge on any atom is -0.238 e. The molecule has 0 atom stereocenters. The maximum atomic E-state index is 4.52. The van der Waals surface area contributed by atoms with E-state index in [9.17, 15) is 0 Å². The minimum atomic E-state index is 0.309. The van der Waals surface area contributed by atoms with Crippen LogP contribution in [0.4, 0.5) is 0 Å². The average molecular weight is 156 g/mol. The number of hydrogen-bond acceptors (Lipinski definition) is 0. The van der Waals surface area contributed by atoms with Crippen LogP contribution in [0.3, 0.4) is 0 Å². The Morgan fingerprint density at radius 2 is 1.45 bits per heavy atom. The third-order valence-corrected chi connectivity index (χ3v) is 2.56. The summed E-state index contributed by atoms with van der Waals surface area (Å²) in [6.45, 7) is 6.73.